The first-order valence-electron chi connectivity index (χ1n) is 29.5. The smallest absolute Gasteiger partial charge is 0.0969 e. The molecule has 0 atom stereocenters. The third-order valence-electron chi connectivity index (χ3n) is 13.6. The number of benzene rings is 4. The van der Waals surface area contributed by atoms with Crippen molar-refractivity contribution in [2.45, 2.75) is 108 Å². The van der Waals surface area contributed by atoms with Crippen molar-refractivity contribution in [3.05, 3.63) is 305 Å². The largest absolute Gasteiger partial charge is 0.318 e. The molecule has 4 aromatic carbocycles. The summed E-state index contributed by atoms with van der Waals surface area (Å²) in [5.74, 6) is 0. The normalized spacial score (nSPS) is 15.0. The highest BCUT2D eigenvalue weighted by atomic mass is 15.2. The fraction of sp³-hybridized carbons (Fsp3) is 0.208. The molecule has 4 heteroatoms. The van der Waals surface area contributed by atoms with E-state index >= 15 is 0 Å². The molecule has 0 saturated heterocycles. The summed E-state index contributed by atoms with van der Waals surface area (Å²) < 4.78 is 2.49. The lowest BCUT2D eigenvalue weighted by molar-refractivity contribution is 0.771. The molecule has 0 amide bonds. The highest BCUT2D eigenvalue weighted by molar-refractivity contribution is 5.87. The number of nitrogens with zero attached hydrogens (tertiary/aromatic N) is 4. The molecule has 81 heavy (non-hydrogen) atoms. The number of fused-ring (bicyclic) bond motifs is 4. The molecule has 0 aliphatic heterocycles. The quantitative estimate of drug-likeness (QED) is 0.0863. The highest BCUT2D eigenvalue weighted by Crippen LogP contribution is 2.36. The van der Waals surface area contributed by atoms with Gasteiger partial charge in [-0.3, -0.25) is 0 Å². The maximum Gasteiger partial charge on any atom is 0.0969 e. The fourth-order valence-corrected chi connectivity index (χ4v) is 10.2. The number of aromatic nitrogens is 1. The van der Waals surface area contributed by atoms with E-state index < -0.39 is 0 Å². The van der Waals surface area contributed by atoms with Crippen LogP contribution in [-0.4, -0.2) is 4.57 Å². The lowest BCUT2D eigenvalue weighted by atomic mass is 10.1. The summed E-state index contributed by atoms with van der Waals surface area (Å²) in [6, 6.07) is 35.0. The van der Waals surface area contributed by atoms with Gasteiger partial charge in [-0.05, 0) is 166 Å². The second-order valence-corrected chi connectivity index (χ2v) is 18.7. The van der Waals surface area contributed by atoms with Gasteiger partial charge in [0, 0.05) is 86.3 Å². The SMILES string of the molecule is C=C/C=C\c1cccc(N(C2=CC=C=c3c(c4c(n3C3=CC=C(N(/C(C)=C/C=C\C=CCC)c5ccccc5)CC=C3)CCCC(N(C(/C=C\C)=C/C=C\C)c3ccc5ccccc5c3)=C4)=C2)C2=CC=CC=CC2)c1.CC.CC.CC. The van der Waals surface area contributed by atoms with Crippen LogP contribution in [0.3, 0.4) is 0 Å². The average molecular weight is 1070 g/mol. The summed E-state index contributed by atoms with van der Waals surface area (Å²) in [5, 5.41) is 4.60. The van der Waals surface area contributed by atoms with Crippen LogP contribution in [0.4, 0.5) is 17.1 Å². The van der Waals surface area contributed by atoms with Crippen molar-refractivity contribution in [3.63, 3.8) is 0 Å². The number of rotatable bonds is 17. The van der Waals surface area contributed by atoms with E-state index in [9.17, 15) is 0 Å². The number of hydrogen-bond donors (Lipinski definition) is 0. The van der Waals surface area contributed by atoms with Gasteiger partial charge in [-0.15, -0.1) is 0 Å². The van der Waals surface area contributed by atoms with Crippen molar-refractivity contribution < 1.29 is 0 Å². The third-order valence-corrected chi connectivity index (χ3v) is 13.6. The molecule has 9 rings (SSSR count). The maximum atomic E-state index is 3.94. The Labute approximate surface area is 486 Å². The van der Waals surface area contributed by atoms with Crippen LogP contribution in [0.2, 0.25) is 0 Å². The lowest BCUT2D eigenvalue weighted by Gasteiger charge is -2.29. The number of allylic oxidation sites excluding steroid dienone is 27. The van der Waals surface area contributed by atoms with Crippen molar-refractivity contribution in [1.29, 1.82) is 0 Å². The van der Waals surface area contributed by atoms with E-state index in [1.807, 2.05) is 53.7 Å². The summed E-state index contributed by atoms with van der Waals surface area (Å²) in [7, 11) is 0. The van der Waals surface area contributed by atoms with Gasteiger partial charge < -0.3 is 19.3 Å². The molecule has 0 unspecified atom stereocenters. The second-order valence-electron chi connectivity index (χ2n) is 18.7. The maximum absolute atomic E-state index is 3.94. The summed E-state index contributed by atoms with van der Waals surface area (Å²) in [4.78, 5) is 7.27. The van der Waals surface area contributed by atoms with Crippen molar-refractivity contribution in [2.75, 3.05) is 14.7 Å². The van der Waals surface area contributed by atoms with Crippen LogP contribution in [0, 0.1) is 0 Å². The monoisotopic (exact) mass is 1070 g/mol. The van der Waals surface area contributed by atoms with Crippen molar-refractivity contribution in [3.8, 4) is 0 Å². The van der Waals surface area contributed by atoms with Gasteiger partial charge in [-0.1, -0.05) is 213 Å². The molecule has 4 aliphatic carbocycles. The first kappa shape index (κ1) is 61.4. The fourth-order valence-electron chi connectivity index (χ4n) is 10.2. The van der Waals surface area contributed by atoms with Gasteiger partial charge in [0.1, 0.15) is 0 Å². The van der Waals surface area contributed by atoms with Crippen molar-refractivity contribution in [1.82, 2.24) is 4.57 Å². The lowest BCUT2D eigenvalue weighted by Crippen LogP contribution is -2.30. The zero-order valence-electron chi connectivity index (χ0n) is 50.0. The first-order chi connectivity index (χ1) is 40.0. The first-order valence-corrected chi connectivity index (χ1v) is 29.5. The average Bonchev–Trinajstić information content (AvgIpc) is 4.03. The Balaban J connectivity index is 0.00000170. The molecule has 414 valence electrons. The molecule has 0 N–H and O–H groups in total. The molecule has 0 radical (unpaired) electrons. The number of hydrogen-bond acceptors (Lipinski definition) is 3. The van der Waals surface area contributed by atoms with Gasteiger partial charge in [-0.25, -0.2) is 0 Å². The molecule has 0 spiro atoms. The molecular weight excluding hydrogens is 981 g/mol. The van der Waals surface area contributed by atoms with Crippen LogP contribution in [0.5, 0.6) is 0 Å². The Morgan fingerprint density at radius 2 is 1.42 bits per heavy atom. The zero-order valence-corrected chi connectivity index (χ0v) is 50.0. The van der Waals surface area contributed by atoms with Crippen LogP contribution in [0.25, 0.3) is 40.4 Å². The van der Waals surface area contributed by atoms with Crippen molar-refractivity contribution >= 4 is 57.5 Å². The summed E-state index contributed by atoms with van der Waals surface area (Å²) >= 11 is 0. The van der Waals surface area contributed by atoms with Gasteiger partial charge in [0.15, 0.2) is 0 Å². The molecule has 4 nitrogen and oxygen atoms in total. The minimum absolute atomic E-state index is 0.758. The summed E-state index contributed by atoms with van der Waals surface area (Å²) in [6.07, 6.45) is 62.2. The van der Waals surface area contributed by atoms with Gasteiger partial charge in [0.05, 0.1) is 5.35 Å². The zero-order chi connectivity index (χ0) is 57.8. The van der Waals surface area contributed by atoms with E-state index in [0.717, 1.165) is 94.5 Å². The second kappa shape index (κ2) is 32.9. The molecule has 5 aromatic rings. The Bertz CT molecular complexity index is 3590. The molecule has 0 bridgehead atoms. The highest BCUT2D eigenvalue weighted by Gasteiger charge is 2.26. The Morgan fingerprint density at radius 1 is 0.642 bits per heavy atom. The molecule has 1 aromatic heterocycles. The Morgan fingerprint density at radius 3 is 2.20 bits per heavy atom. The number of anilines is 3. The molecule has 4 aliphatic rings. The predicted molar refractivity (Wildman–Crippen MR) is 360 cm³/mol. The van der Waals surface area contributed by atoms with Gasteiger partial charge >= 0.3 is 0 Å². The minimum Gasteiger partial charge on any atom is -0.318 e. The summed E-state index contributed by atoms with van der Waals surface area (Å²) in [6.45, 7) is 24.5. The van der Waals surface area contributed by atoms with Gasteiger partial charge in [0.2, 0.25) is 0 Å². The number of para-hydroxylation sites is 1. The van der Waals surface area contributed by atoms with Crippen LogP contribution in [0.15, 0.2) is 278 Å². The van der Waals surface area contributed by atoms with Crippen molar-refractivity contribution in [2.24, 2.45) is 0 Å². The standard InChI is InChI=1S/C71H68N4.3C2H6/c1-6-10-13-14-18-30-55(5)72(60-36-21-17-22-37-60)62-40-26-41-63(50-49-62)75-70-45-27-43-65(73(59(29-9-4)35-12-8-3)67-48-47-57-33-23-24-34-58(57)52-67)53-68(70)69-54-66(44-28-46-71(69)75)74(61-38-19-15-16-20-39-61)64-42-25-32-56(51-64)31-11-7-2;3*1-2/h7-26,28-38,41-42,44,47-54H,2,6,27,39-40,43,45H2,1,3-5H3;3*1-2H3/b12-8-,13-10?,18-14-,29-9-,31-11-,55-30+,59-35+;;;. The van der Waals surface area contributed by atoms with Crippen LogP contribution >= 0.6 is 0 Å². The van der Waals surface area contributed by atoms with E-state index in [-0.39, 0.29) is 0 Å². The van der Waals surface area contributed by atoms with E-state index in [0.29, 0.717) is 0 Å². The topological polar surface area (TPSA) is 14.7 Å². The van der Waals surface area contributed by atoms with E-state index in [2.05, 4.69) is 302 Å². The van der Waals surface area contributed by atoms with Gasteiger partial charge in [-0.2, -0.15) is 0 Å². The predicted octanol–water partition coefficient (Wildman–Crippen LogP) is 20.3. The van der Waals surface area contributed by atoms with Crippen LogP contribution in [-0.2, 0) is 6.42 Å². The third kappa shape index (κ3) is 15.7. The molecule has 0 fully saturated rings. The Kier molecular flexibility index (Phi) is 25.0. The minimum atomic E-state index is 0.758. The molecule has 0 saturated carbocycles. The van der Waals surface area contributed by atoms with E-state index in [1.54, 1.807) is 0 Å². The molecule has 1 heterocycles. The summed E-state index contributed by atoms with van der Waals surface area (Å²) in [5.41, 5.74) is 18.8. The van der Waals surface area contributed by atoms with Gasteiger partial charge in [0.25, 0.3) is 0 Å². The molecular formula is C77H86N4. The van der Waals surface area contributed by atoms with E-state index in [1.165, 1.54) is 39.1 Å². The van der Waals surface area contributed by atoms with Crippen LogP contribution < -0.4 is 25.3 Å². The van der Waals surface area contributed by atoms with Crippen LogP contribution in [0.1, 0.15) is 118 Å². The Hall–Kier alpha value is -8.82. The van der Waals surface area contributed by atoms with E-state index in [4.69, 9.17) is 0 Å².